The second-order valence-electron chi connectivity index (χ2n) is 3.94. The van der Waals surface area contributed by atoms with Crippen LogP contribution in [0.3, 0.4) is 0 Å². The zero-order valence-electron chi connectivity index (χ0n) is 12.1. The smallest absolute Gasteiger partial charge is 0.330 e. The lowest BCUT2D eigenvalue weighted by atomic mass is 10.4. The summed E-state index contributed by atoms with van der Waals surface area (Å²) in [5, 5.41) is 0. The van der Waals surface area contributed by atoms with Gasteiger partial charge >= 0.3 is 5.97 Å². The van der Waals surface area contributed by atoms with E-state index in [9.17, 15) is 4.79 Å². The van der Waals surface area contributed by atoms with Gasteiger partial charge in [0.15, 0.2) is 0 Å². The van der Waals surface area contributed by atoms with Crippen molar-refractivity contribution >= 4 is 5.97 Å². The minimum atomic E-state index is -0.407. The van der Waals surface area contributed by atoms with Crippen LogP contribution in [0.15, 0.2) is 38.0 Å². The summed E-state index contributed by atoms with van der Waals surface area (Å²) >= 11 is 0. The molecule has 0 aromatic carbocycles. The fourth-order valence-electron chi connectivity index (χ4n) is 1.39. The number of esters is 1. The SMILES string of the molecule is C=CCOCCN(CCOCC=C)CCOC(=O)C=C. The monoisotopic (exact) mass is 283 g/mol. The molecule has 0 saturated carbocycles. The summed E-state index contributed by atoms with van der Waals surface area (Å²) in [6.07, 6.45) is 4.58. The molecule has 0 unspecified atom stereocenters. The second-order valence-corrected chi connectivity index (χ2v) is 3.94. The quantitative estimate of drug-likeness (QED) is 0.209. The van der Waals surface area contributed by atoms with Crippen molar-refractivity contribution in [3.8, 4) is 0 Å². The number of hydrogen-bond donors (Lipinski definition) is 0. The summed E-state index contributed by atoms with van der Waals surface area (Å²) in [4.78, 5) is 13.1. The van der Waals surface area contributed by atoms with Gasteiger partial charge in [0.05, 0.1) is 26.4 Å². The summed E-state index contributed by atoms with van der Waals surface area (Å²) in [6, 6.07) is 0. The number of ether oxygens (including phenoxy) is 3. The lowest BCUT2D eigenvalue weighted by Gasteiger charge is -2.21. The number of rotatable bonds is 14. The van der Waals surface area contributed by atoms with E-state index in [4.69, 9.17) is 14.2 Å². The van der Waals surface area contributed by atoms with Gasteiger partial charge < -0.3 is 14.2 Å². The van der Waals surface area contributed by atoms with Crippen LogP contribution in [0.25, 0.3) is 0 Å². The van der Waals surface area contributed by atoms with Gasteiger partial charge in [-0.2, -0.15) is 0 Å². The molecule has 5 nitrogen and oxygen atoms in total. The van der Waals surface area contributed by atoms with E-state index in [-0.39, 0.29) is 0 Å². The molecule has 0 aromatic heterocycles. The first-order valence-electron chi connectivity index (χ1n) is 6.63. The first-order chi connectivity index (χ1) is 9.74. The summed E-state index contributed by atoms with van der Waals surface area (Å²) < 4.78 is 15.7. The van der Waals surface area contributed by atoms with Gasteiger partial charge in [0, 0.05) is 25.7 Å². The Labute approximate surface area is 121 Å². The molecule has 0 bridgehead atoms. The van der Waals surface area contributed by atoms with Gasteiger partial charge in [-0.1, -0.05) is 18.7 Å². The summed E-state index contributed by atoms with van der Waals surface area (Å²) in [5.41, 5.74) is 0. The molecule has 0 aromatic rings. The zero-order valence-corrected chi connectivity index (χ0v) is 12.1. The van der Waals surface area contributed by atoms with Crippen LogP contribution in [0.1, 0.15) is 0 Å². The Morgan fingerprint density at radius 3 is 1.85 bits per heavy atom. The van der Waals surface area contributed by atoms with Gasteiger partial charge in [0.1, 0.15) is 6.61 Å². The van der Waals surface area contributed by atoms with Gasteiger partial charge in [-0.25, -0.2) is 4.79 Å². The third-order valence-electron chi connectivity index (χ3n) is 2.39. The van der Waals surface area contributed by atoms with Crippen molar-refractivity contribution in [1.82, 2.24) is 4.90 Å². The lowest BCUT2D eigenvalue weighted by molar-refractivity contribution is -0.138. The Balaban J connectivity index is 3.89. The average Bonchev–Trinajstić information content (AvgIpc) is 2.47. The van der Waals surface area contributed by atoms with E-state index in [2.05, 4.69) is 24.6 Å². The van der Waals surface area contributed by atoms with Crippen LogP contribution in [0, 0.1) is 0 Å². The third-order valence-corrected chi connectivity index (χ3v) is 2.39. The molecular weight excluding hydrogens is 258 g/mol. The van der Waals surface area contributed by atoms with Crippen molar-refractivity contribution in [3.63, 3.8) is 0 Å². The molecule has 0 rings (SSSR count). The van der Waals surface area contributed by atoms with E-state index in [1.165, 1.54) is 0 Å². The molecule has 0 amide bonds. The fraction of sp³-hybridized carbons (Fsp3) is 0.533. The largest absolute Gasteiger partial charge is 0.461 e. The van der Waals surface area contributed by atoms with E-state index in [0.717, 1.165) is 19.2 Å². The highest BCUT2D eigenvalue weighted by Gasteiger charge is 2.06. The van der Waals surface area contributed by atoms with E-state index in [1.54, 1.807) is 12.2 Å². The van der Waals surface area contributed by atoms with E-state index in [1.807, 2.05) is 0 Å². The molecule has 0 N–H and O–H groups in total. The molecule has 0 heterocycles. The van der Waals surface area contributed by atoms with Crippen LogP contribution in [0.5, 0.6) is 0 Å². The molecule has 0 aliphatic heterocycles. The van der Waals surface area contributed by atoms with Crippen LogP contribution in [-0.4, -0.2) is 63.5 Å². The maximum atomic E-state index is 11.0. The normalized spacial score (nSPS) is 10.2. The first kappa shape index (κ1) is 18.6. The van der Waals surface area contributed by atoms with Crippen molar-refractivity contribution < 1.29 is 19.0 Å². The second kappa shape index (κ2) is 14.0. The first-order valence-corrected chi connectivity index (χ1v) is 6.63. The summed E-state index contributed by atoms with van der Waals surface area (Å²) in [7, 11) is 0. The third kappa shape index (κ3) is 11.6. The molecule has 0 atom stereocenters. The zero-order chi connectivity index (χ0) is 15.1. The average molecular weight is 283 g/mol. The van der Waals surface area contributed by atoms with Crippen molar-refractivity contribution in [3.05, 3.63) is 38.0 Å². The highest BCUT2D eigenvalue weighted by atomic mass is 16.5. The lowest BCUT2D eigenvalue weighted by Crippen LogP contribution is -2.34. The van der Waals surface area contributed by atoms with Gasteiger partial charge in [-0.05, 0) is 0 Å². The van der Waals surface area contributed by atoms with Crippen LogP contribution >= 0.6 is 0 Å². The molecule has 20 heavy (non-hydrogen) atoms. The predicted molar refractivity (Wildman–Crippen MR) is 79.6 cm³/mol. The molecule has 0 aliphatic rings. The highest BCUT2D eigenvalue weighted by Crippen LogP contribution is 1.92. The molecule has 0 spiro atoms. The van der Waals surface area contributed by atoms with Gasteiger partial charge in [-0.3, -0.25) is 4.90 Å². The Bertz CT molecular complexity index is 276. The predicted octanol–water partition coefficient (Wildman–Crippen LogP) is 1.42. The molecule has 0 aliphatic carbocycles. The van der Waals surface area contributed by atoms with Crippen molar-refractivity contribution in [2.75, 3.05) is 52.7 Å². The Morgan fingerprint density at radius 1 is 0.900 bits per heavy atom. The molecule has 0 saturated heterocycles. The number of nitrogens with zero attached hydrogens (tertiary/aromatic N) is 1. The number of hydrogen-bond acceptors (Lipinski definition) is 5. The standard InChI is InChI=1S/C15H25NO4/c1-4-10-18-12-7-16(8-13-19-11-5-2)9-14-20-15(17)6-3/h4-6H,1-3,7-14H2. The molecule has 5 heteroatoms. The van der Waals surface area contributed by atoms with Crippen LogP contribution in [-0.2, 0) is 19.0 Å². The molecule has 0 radical (unpaired) electrons. The minimum Gasteiger partial charge on any atom is -0.461 e. The maximum absolute atomic E-state index is 11.0. The fourth-order valence-corrected chi connectivity index (χ4v) is 1.39. The molecule has 114 valence electrons. The molecular formula is C15H25NO4. The molecule has 0 fully saturated rings. The number of carbonyl (C=O) groups excluding carboxylic acids is 1. The van der Waals surface area contributed by atoms with Crippen molar-refractivity contribution in [2.24, 2.45) is 0 Å². The topological polar surface area (TPSA) is 48.0 Å². The summed E-state index contributed by atoms with van der Waals surface area (Å²) in [6.45, 7) is 15.3. The Hall–Kier alpha value is -1.43. The van der Waals surface area contributed by atoms with Gasteiger partial charge in [-0.15, -0.1) is 13.2 Å². The van der Waals surface area contributed by atoms with Crippen molar-refractivity contribution in [1.29, 1.82) is 0 Å². The maximum Gasteiger partial charge on any atom is 0.330 e. The minimum absolute atomic E-state index is 0.327. The Kier molecular flexibility index (Phi) is 13.0. The van der Waals surface area contributed by atoms with E-state index in [0.29, 0.717) is 39.6 Å². The van der Waals surface area contributed by atoms with Crippen LogP contribution < -0.4 is 0 Å². The van der Waals surface area contributed by atoms with E-state index >= 15 is 0 Å². The summed E-state index contributed by atoms with van der Waals surface area (Å²) in [5.74, 6) is -0.407. The van der Waals surface area contributed by atoms with E-state index < -0.39 is 5.97 Å². The van der Waals surface area contributed by atoms with Crippen LogP contribution in [0.2, 0.25) is 0 Å². The Morgan fingerprint density at radius 2 is 1.40 bits per heavy atom. The number of carbonyl (C=O) groups is 1. The van der Waals surface area contributed by atoms with Crippen LogP contribution in [0.4, 0.5) is 0 Å². The van der Waals surface area contributed by atoms with Crippen molar-refractivity contribution in [2.45, 2.75) is 0 Å². The van der Waals surface area contributed by atoms with Gasteiger partial charge in [0.25, 0.3) is 0 Å². The highest BCUT2D eigenvalue weighted by molar-refractivity contribution is 5.81. The van der Waals surface area contributed by atoms with Gasteiger partial charge in [0.2, 0.25) is 0 Å².